The molecule has 0 saturated carbocycles. The van der Waals surface area contributed by atoms with Gasteiger partial charge < -0.3 is 4.74 Å². The summed E-state index contributed by atoms with van der Waals surface area (Å²) in [4.78, 5) is 9.19. The standard InChI is InChI=1S/C15H13BrN2OS3/c1-9-6-21-15(17-9)22-8-11-7-20-14(18-11)12-5-10(16)3-4-13(12)19-2/h3-7H,8H2,1-2H3. The number of aryl methyl sites for hydroxylation is 1. The van der Waals surface area contributed by atoms with Crippen molar-refractivity contribution in [2.45, 2.75) is 17.0 Å². The third-order valence-electron chi connectivity index (χ3n) is 2.89. The summed E-state index contributed by atoms with van der Waals surface area (Å²) in [7, 11) is 1.68. The minimum absolute atomic E-state index is 0.833. The first-order valence-corrected chi connectivity index (χ1v) is 10.0. The van der Waals surface area contributed by atoms with E-state index in [-0.39, 0.29) is 0 Å². The number of methoxy groups -OCH3 is 1. The molecule has 0 aliphatic carbocycles. The highest BCUT2D eigenvalue weighted by atomic mass is 79.9. The van der Waals surface area contributed by atoms with Gasteiger partial charge in [-0.3, -0.25) is 0 Å². The highest BCUT2D eigenvalue weighted by molar-refractivity contribution is 9.10. The number of thioether (sulfide) groups is 1. The second kappa shape index (κ2) is 7.12. The molecule has 3 aromatic rings. The van der Waals surface area contributed by atoms with Crippen LogP contribution < -0.4 is 4.74 Å². The number of hydrogen-bond acceptors (Lipinski definition) is 6. The molecule has 0 aliphatic rings. The van der Waals surface area contributed by atoms with E-state index in [2.05, 4.69) is 31.7 Å². The topological polar surface area (TPSA) is 35.0 Å². The minimum Gasteiger partial charge on any atom is -0.496 e. The highest BCUT2D eigenvalue weighted by Crippen LogP contribution is 2.35. The van der Waals surface area contributed by atoms with Crippen LogP contribution in [-0.2, 0) is 5.75 Å². The maximum absolute atomic E-state index is 5.43. The molecular weight excluding hydrogens is 400 g/mol. The molecule has 0 atom stereocenters. The molecule has 0 spiro atoms. The van der Waals surface area contributed by atoms with Gasteiger partial charge in [-0.2, -0.15) is 0 Å². The van der Waals surface area contributed by atoms with Crippen LogP contribution in [0.5, 0.6) is 5.75 Å². The third-order valence-corrected chi connectivity index (χ3v) is 6.48. The van der Waals surface area contributed by atoms with Crippen molar-refractivity contribution in [2.24, 2.45) is 0 Å². The fraction of sp³-hybridized carbons (Fsp3) is 0.200. The normalized spacial score (nSPS) is 10.9. The van der Waals surface area contributed by atoms with E-state index in [1.807, 2.05) is 25.1 Å². The molecule has 2 heterocycles. The monoisotopic (exact) mass is 412 g/mol. The molecule has 2 aromatic heterocycles. The van der Waals surface area contributed by atoms with Crippen LogP contribution in [0.3, 0.4) is 0 Å². The molecule has 0 saturated heterocycles. The van der Waals surface area contributed by atoms with Crippen LogP contribution in [-0.4, -0.2) is 17.1 Å². The quantitative estimate of drug-likeness (QED) is 0.507. The van der Waals surface area contributed by atoms with Crippen LogP contribution in [0.1, 0.15) is 11.4 Å². The number of aromatic nitrogens is 2. The number of nitrogens with zero attached hydrogens (tertiary/aromatic N) is 2. The summed E-state index contributed by atoms with van der Waals surface area (Å²) in [6, 6.07) is 5.96. The summed E-state index contributed by atoms with van der Waals surface area (Å²) in [5, 5.41) is 5.15. The molecule has 1 aromatic carbocycles. The zero-order chi connectivity index (χ0) is 15.5. The summed E-state index contributed by atoms with van der Waals surface area (Å²) >= 11 is 8.55. The first-order valence-electron chi connectivity index (χ1n) is 6.49. The number of rotatable bonds is 5. The molecule has 3 rings (SSSR count). The Kier molecular flexibility index (Phi) is 5.18. The highest BCUT2D eigenvalue weighted by Gasteiger charge is 2.11. The largest absolute Gasteiger partial charge is 0.496 e. The Morgan fingerprint density at radius 1 is 1.23 bits per heavy atom. The summed E-state index contributed by atoms with van der Waals surface area (Å²) in [6.45, 7) is 2.01. The van der Waals surface area contributed by atoms with Gasteiger partial charge in [0.05, 0.1) is 18.4 Å². The summed E-state index contributed by atoms with van der Waals surface area (Å²) in [5.41, 5.74) is 3.16. The molecule has 114 valence electrons. The van der Waals surface area contributed by atoms with E-state index >= 15 is 0 Å². The van der Waals surface area contributed by atoms with Crippen molar-refractivity contribution in [1.29, 1.82) is 0 Å². The summed E-state index contributed by atoms with van der Waals surface area (Å²) < 4.78 is 7.54. The SMILES string of the molecule is COc1ccc(Br)cc1-c1nc(CSc2nc(C)cs2)cs1. The zero-order valence-corrected chi connectivity index (χ0v) is 16.0. The lowest BCUT2D eigenvalue weighted by Crippen LogP contribution is -1.88. The number of benzene rings is 1. The molecule has 0 unspecified atom stereocenters. The second-order valence-electron chi connectivity index (χ2n) is 4.53. The molecule has 3 nitrogen and oxygen atoms in total. The smallest absolute Gasteiger partial charge is 0.150 e. The first-order chi connectivity index (χ1) is 10.7. The van der Waals surface area contributed by atoms with Crippen molar-refractivity contribution in [1.82, 2.24) is 9.97 Å². The van der Waals surface area contributed by atoms with Crippen LogP contribution in [0, 0.1) is 6.92 Å². The predicted octanol–water partition coefficient (Wildman–Crippen LogP) is 5.64. The summed E-state index contributed by atoms with van der Waals surface area (Å²) in [6.07, 6.45) is 0. The average Bonchev–Trinajstić information content (AvgIpc) is 3.14. The second-order valence-corrected chi connectivity index (χ2v) is 8.39. The van der Waals surface area contributed by atoms with E-state index in [1.165, 1.54) is 0 Å². The van der Waals surface area contributed by atoms with Gasteiger partial charge in [0.1, 0.15) is 15.1 Å². The Bertz CT molecular complexity index is 785. The first kappa shape index (κ1) is 16.0. The molecule has 0 N–H and O–H groups in total. The Hall–Kier alpha value is -0.890. The van der Waals surface area contributed by atoms with Crippen molar-refractivity contribution in [3.05, 3.63) is 44.8 Å². The number of ether oxygens (including phenoxy) is 1. The molecule has 0 fully saturated rings. The van der Waals surface area contributed by atoms with E-state index in [4.69, 9.17) is 9.72 Å². The van der Waals surface area contributed by atoms with Crippen molar-refractivity contribution in [2.75, 3.05) is 7.11 Å². The number of halogens is 1. The van der Waals surface area contributed by atoms with E-state index in [0.717, 1.165) is 42.3 Å². The molecule has 7 heteroatoms. The van der Waals surface area contributed by atoms with Gasteiger partial charge in [0.2, 0.25) is 0 Å². The number of thiazole rings is 2. The van der Waals surface area contributed by atoms with Crippen LogP contribution in [0.25, 0.3) is 10.6 Å². The van der Waals surface area contributed by atoms with E-state index in [0.29, 0.717) is 0 Å². The average molecular weight is 413 g/mol. The van der Waals surface area contributed by atoms with Crippen molar-refractivity contribution in [3.63, 3.8) is 0 Å². The van der Waals surface area contributed by atoms with E-state index < -0.39 is 0 Å². The Morgan fingerprint density at radius 2 is 2.09 bits per heavy atom. The van der Waals surface area contributed by atoms with Gasteiger partial charge in [-0.25, -0.2) is 9.97 Å². The van der Waals surface area contributed by atoms with Crippen LogP contribution in [0.4, 0.5) is 0 Å². The van der Waals surface area contributed by atoms with Gasteiger partial charge in [-0.1, -0.05) is 27.7 Å². The maximum atomic E-state index is 5.43. The summed E-state index contributed by atoms with van der Waals surface area (Å²) in [5.74, 6) is 1.67. The molecular formula is C15H13BrN2OS3. The molecule has 0 bridgehead atoms. The Labute approximate surface area is 149 Å². The van der Waals surface area contributed by atoms with E-state index in [9.17, 15) is 0 Å². The van der Waals surface area contributed by atoms with Gasteiger partial charge in [-0.05, 0) is 25.1 Å². The number of hydrogen-bond donors (Lipinski definition) is 0. The van der Waals surface area contributed by atoms with Crippen LogP contribution >= 0.6 is 50.4 Å². The van der Waals surface area contributed by atoms with Gasteiger partial charge in [0.25, 0.3) is 0 Å². The van der Waals surface area contributed by atoms with Gasteiger partial charge >= 0.3 is 0 Å². The minimum atomic E-state index is 0.833. The van der Waals surface area contributed by atoms with Crippen molar-refractivity contribution in [3.8, 4) is 16.3 Å². The Morgan fingerprint density at radius 3 is 2.82 bits per heavy atom. The fourth-order valence-corrected chi connectivity index (χ4v) is 4.93. The lowest BCUT2D eigenvalue weighted by molar-refractivity contribution is 0.416. The van der Waals surface area contributed by atoms with Gasteiger partial charge in [0, 0.05) is 26.7 Å². The predicted molar refractivity (Wildman–Crippen MR) is 98.2 cm³/mol. The van der Waals surface area contributed by atoms with Crippen molar-refractivity contribution >= 4 is 50.4 Å². The van der Waals surface area contributed by atoms with Crippen LogP contribution in [0.15, 0.2) is 37.8 Å². The lowest BCUT2D eigenvalue weighted by atomic mass is 10.2. The zero-order valence-electron chi connectivity index (χ0n) is 12.0. The van der Waals surface area contributed by atoms with E-state index in [1.54, 1.807) is 41.5 Å². The molecule has 0 radical (unpaired) electrons. The Balaban J connectivity index is 1.77. The third kappa shape index (κ3) is 3.71. The lowest BCUT2D eigenvalue weighted by Gasteiger charge is -2.06. The fourth-order valence-electron chi connectivity index (χ4n) is 1.88. The van der Waals surface area contributed by atoms with Gasteiger partial charge in [-0.15, -0.1) is 22.7 Å². The molecule has 0 amide bonds. The maximum Gasteiger partial charge on any atom is 0.150 e. The van der Waals surface area contributed by atoms with Gasteiger partial charge in [0.15, 0.2) is 0 Å². The molecule has 0 aliphatic heterocycles. The molecule has 22 heavy (non-hydrogen) atoms. The van der Waals surface area contributed by atoms with Crippen LogP contribution in [0.2, 0.25) is 0 Å². The van der Waals surface area contributed by atoms with Crippen molar-refractivity contribution < 1.29 is 4.74 Å².